The van der Waals surface area contributed by atoms with Crippen molar-refractivity contribution in [3.63, 3.8) is 0 Å². The molecule has 0 fully saturated rings. The number of para-hydroxylation sites is 4. The standard InChI is InChI=1S/C38H46N2Si2/c1-41(2,3)27-15-25-39-33-21-11-7-17-29(33)37(30-18-8-12-22-34(30)39)38-31-19-9-13-23-35(31)40(26-16-28-42(4,5)6)36-24-14-10-20-32(36)38/h7-14,17-24H,15-16,25-28H2,1-6H3/q+2. The number of hydrogen-bond acceptors (Lipinski definition) is 0. The first-order chi connectivity index (χ1) is 20.1. The zero-order chi connectivity index (χ0) is 29.5. The third kappa shape index (κ3) is 5.67. The van der Waals surface area contributed by atoms with Gasteiger partial charge in [-0.2, -0.15) is 9.13 Å². The summed E-state index contributed by atoms with van der Waals surface area (Å²) in [6.07, 6.45) is 2.45. The fourth-order valence-electron chi connectivity index (χ4n) is 6.79. The zero-order valence-corrected chi connectivity index (χ0v) is 28.4. The maximum atomic E-state index is 2.60. The Labute approximate surface area is 253 Å². The SMILES string of the molecule is C[Si](C)(C)CCC[n+]1c2ccccc2c(-c2c3ccccc3[n+](CCC[Si](C)(C)C)c3ccccc23)c2ccccc21. The van der Waals surface area contributed by atoms with Gasteiger partial charge in [0.05, 0.1) is 21.5 Å². The minimum atomic E-state index is -1.11. The van der Waals surface area contributed by atoms with E-state index in [2.05, 4.69) is 145 Å². The molecule has 4 heteroatoms. The van der Waals surface area contributed by atoms with Gasteiger partial charge in [-0.3, -0.25) is 0 Å². The molecule has 0 amide bonds. The number of benzene rings is 4. The van der Waals surface area contributed by atoms with E-state index < -0.39 is 16.1 Å². The largest absolute Gasteiger partial charge is 0.213 e. The van der Waals surface area contributed by atoms with Gasteiger partial charge in [-0.25, -0.2) is 0 Å². The first-order valence-electron chi connectivity index (χ1n) is 15.8. The molecule has 214 valence electrons. The highest BCUT2D eigenvalue weighted by Crippen LogP contribution is 2.41. The molecule has 0 spiro atoms. The Hall–Kier alpha value is -3.35. The van der Waals surface area contributed by atoms with Crippen LogP contribution in [0.4, 0.5) is 0 Å². The molecule has 0 saturated carbocycles. The van der Waals surface area contributed by atoms with Crippen LogP contribution in [0.2, 0.25) is 51.4 Å². The highest BCUT2D eigenvalue weighted by Gasteiger charge is 2.27. The number of hydrogen-bond donors (Lipinski definition) is 0. The summed E-state index contributed by atoms with van der Waals surface area (Å²) in [5.41, 5.74) is 8.07. The molecule has 0 aliphatic carbocycles. The molecular weight excluding hydrogens is 541 g/mol. The summed E-state index contributed by atoms with van der Waals surface area (Å²) in [6.45, 7) is 17.0. The number of pyridine rings is 2. The average Bonchev–Trinajstić information content (AvgIpc) is 2.96. The van der Waals surface area contributed by atoms with Crippen molar-refractivity contribution in [2.24, 2.45) is 0 Å². The molecule has 4 aromatic carbocycles. The Kier molecular flexibility index (Phi) is 7.80. The van der Waals surface area contributed by atoms with E-state index >= 15 is 0 Å². The smallest absolute Gasteiger partial charge is 0.191 e. The lowest BCUT2D eigenvalue weighted by molar-refractivity contribution is -0.645. The maximum absolute atomic E-state index is 2.60. The van der Waals surface area contributed by atoms with Crippen LogP contribution in [0.1, 0.15) is 12.8 Å². The van der Waals surface area contributed by atoms with Crippen LogP contribution in [0.25, 0.3) is 54.7 Å². The predicted molar refractivity (Wildman–Crippen MR) is 188 cm³/mol. The zero-order valence-electron chi connectivity index (χ0n) is 26.4. The Bertz CT molecular complexity index is 1660. The summed E-state index contributed by atoms with van der Waals surface area (Å²) in [7, 11) is -2.22. The molecule has 2 aromatic heterocycles. The fourth-order valence-corrected chi connectivity index (χ4v) is 9.22. The molecule has 0 aliphatic rings. The average molecular weight is 587 g/mol. The maximum Gasteiger partial charge on any atom is 0.213 e. The van der Waals surface area contributed by atoms with E-state index in [4.69, 9.17) is 0 Å². The number of aryl methyl sites for hydroxylation is 2. The second-order valence-corrected chi connectivity index (χ2v) is 25.7. The Morgan fingerprint density at radius 1 is 0.405 bits per heavy atom. The molecule has 0 unspecified atom stereocenters. The van der Waals surface area contributed by atoms with Crippen molar-refractivity contribution < 1.29 is 9.13 Å². The van der Waals surface area contributed by atoms with Crippen LogP contribution in [0, 0.1) is 0 Å². The first kappa shape index (κ1) is 28.8. The van der Waals surface area contributed by atoms with Crippen LogP contribution >= 0.6 is 0 Å². The molecule has 6 rings (SSSR count). The quantitative estimate of drug-likeness (QED) is 0.0905. The van der Waals surface area contributed by atoms with Crippen LogP contribution < -0.4 is 9.13 Å². The van der Waals surface area contributed by atoms with Gasteiger partial charge < -0.3 is 0 Å². The number of nitrogens with zero attached hydrogens (tertiary/aromatic N) is 2. The summed E-state index contributed by atoms with van der Waals surface area (Å²) < 4.78 is 5.19. The molecule has 6 aromatic rings. The normalized spacial score (nSPS) is 12.6. The summed E-state index contributed by atoms with van der Waals surface area (Å²) >= 11 is 0. The topological polar surface area (TPSA) is 7.76 Å². The van der Waals surface area contributed by atoms with E-state index in [0.717, 1.165) is 13.1 Å². The van der Waals surface area contributed by atoms with Crippen molar-refractivity contribution in [2.45, 2.75) is 77.3 Å². The lowest BCUT2D eigenvalue weighted by Crippen LogP contribution is -2.37. The number of fused-ring (bicyclic) bond motifs is 4. The van der Waals surface area contributed by atoms with Crippen molar-refractivity contribution in [3.05, 3.63) is 97.1 Å². The van der Waals surface area contributed by atoms with Crippen LogP contribution in [0.5, 0.6) is 0 Å². The van der Waals surface area contributed by atoms with Crippen LogP contribution in [0.15, 0.2) is 97.1 Å². The number of rotatable bonds is 9. The molecule has 2 heterocycles. The van der Waals surface area contributed by atoms with Crippen molar-refractivity contribution in [3.8, 4) is 11.1 Å². The van der Waals surface area contributed by atoms with Crippen LogP contribution in [-0.4, -0.2) is 16.1 Å². The first-order valence-corrected chi connectivity index (χ1v) is 23.2. The lowest BCUT2D eigenvalue weighted by Gasteiger charge is -2.18. The van der Waals surface area contributed by atoms with Gasteiger partial charge >= 0.3 is 0 Å². The molecule has 0 saturated heterocycles. The van der Waals surface area contributed by atoms with Crippen molar-refractivity contribution >= 4 is 59.8 Å². The molecular formula is C38H46N2Si2+2. The molecule has 0 radical (unpaired) electrons. The Morgan fingerprint density at radius 2 is 0.667 bits per heavy atom. The highest BCUT2D eigenvalue weighted by molar-refractivity contribution is 6.76. The van der Waals surface area contributed by atoms with Gasteiger partial charge in [0, 0.05) is 64.4 Å². The Morgan fingerprint density at radius 3 is 0.929 bits per heavy atom. The molecule has 0 bridgehead atoms. The van der Waals surface area contributed by atoms with Crippen LogP contribution in [-0.2, 0) is 13.1 Å². The lowest BCUT2D eigenvalue weighted by atomic mass is 9.90. The van der Waals surface area contributed by atoms with E-state index in [-0.39, 0.29) is 0 Å². The summed E-state index contributed by atoms with van der Waals surface area (Å²) in [4.78, 5) is 0. The van der Waals surface area contributed by atoms with E-state index in [1.165, 1.54) is 79.7 Å². The molecule has 42 heavy (non-hydrogen) atoms. The van der Waals surface area contributed by atoms with E-state index in [1.807, 2.05) is 0 Å². The van der Waals surface area contributed by atoms with Gasteiger partial charge in [0.1, 0.15) is 13.1 Å². The van der Waals surface area contributed by atoms with Gasteiger partial charge in [0.2, 0.25) is 22.1 Å². The highest BCUT2D eigenvalue weighted by atomic mass is 28.3. The van der Waals surface area contributed by atoms with Crippen molar-refractivity contribution in [1.29, 1.82) is 0 Å². The third-order valence-corrected chi connectivity index (χ3v) is 12.4. The van der Waals surface area contributed by atoms with Gasteiger partial charge in [-0.1, -0.05) is 99.9 Å². The summed E-state index contributed by atoms with van der Waals surface area (Å²) in [6, 6.07) is 39.2. The van der Waals surface area contributed by atoms with Gasteiger partial charge in [0.25, 0.3) is 0 Å². The van der Waals surface area contributed by atoms with E-state index in [9.17, 15) is 0 Å². The fraction of sp³-hybridized carbons (Fsp3) is 0.316. The van der Waals surface area contributed by atoms with Gasteiger partial charge in [0.15, 0.2) is 0 Å². The van der Waals surface area contributed by atoms with Crippen LogP contribution in [0.3, 0.4) is 0 Å². The second-order valence-electron chi connectivity index (χ2n) is 14.5. The van der Waals surface area contributed by atoms with E-state index in [1.54, 1.807) is 0 Å². The minimum absolute atomic E-state index is 1.05. The van der Waals surface area contributed by atoms with Gasteiger partial charge in [-0.05, 0) is 24.3 Å². The summed E-state index contributed by atoms with van der Waals surface area (Å²) in [5, 5.41) is 5.37. The third-order valence-electron chi connectivity index (χ3n) is 8.72. The van der Waals surface area contributed by atoms with E-state index in [0.29, 0.717) is 0 Å². The second kappa shape index (κ2) is 11.4. The van der Waals surface area contributed by atoms with Gasteiger partial charge in [-0.15, -0.1) is 0 Å². The summed E-state index contributed by atoms with van der Waals surface area (Å²) in [5.74, 6) is 0. The molecule has 2 nitrogen and oxygen atoms in total. The van der Waals surface area contributed by atoms with Crippen molar-refractivity contribution in [2.75, 3.05) is 0 Å². The Balaban J connectivity index is 1.66. The van der Waals surface area contributed by atoms with Crippen molar-refractivity contribution in [1.82, 2.24) is 0 Å². The molecule has 0 aliphatic heterocycles. The monoisotopic (exact) mass is 586 g/mol. The predicted octanol–water partition coefficient (Wildman–Crippen LogP) is 10.00. The number of aromatic nitrogens is 2. The molecule has 0 N–H and O–H groups in total. The molecule has 0 atom stereocenters. The minimum Gasteiger partial charge on any atom is -0.191 e.